The van der Waals surface area contributed by atoms with Crippen LogP contribution < -0.4 is 10.9 Å². The molecule has 0 fully saturated rings. The molecule has 106 valence electrons. The molecule has 1 unspecified atom stereocenters. The zero-order chi connectivity index (χ0) is 15.0. The van der Waals surface area contributed by atoms with Crippen molar-refractivity contribution < 1.29 is 9.90 Å². The number of H-pyrrole nitrogens is 1. The van der Waals surface area contributed by atoms with Crippen molar-refractivity contribution in [3.05, 3.63) is 69.5 Å². The lowest BCUT2D eigenvalue weighted by atomic mass is 9.84. The Morgan fingerprint density at radius 1 is 1.33 bits per heavy atom. The number of allylic oxidation sites excluding steroid dienone is 1. The summed E-state index contributed by atoms with van der Waals surface area (Å²) in [5, 5.41) is 12.5. The number of carboxylic acids is 1. The van der Waals surface area contributed by atoms with Crippen LogP contribution in [0.2, 0.25) is 0 Å². The van der Waals surface area contributed by atoms with Gasteiger partial charge in [0.1, 0.15) is 0 Å². The molecule has 6 heteroatoms. The summed E-state index contributed by atoms with van der Waals surface area (Å²) in [6.45, 7) is 1.68. The fourth-order valence-electron chi connectivity index (χ4n) is 2.64. The van der Waals surface area contributed by atoms with Gasteiger partial charge >= 0.3 is 5.97 Å². The van der Waals surface area contributed by atoms with E-state index in [0.717, 1.165) is 0 Å². The first kappa shape index (κ1) is 13.1. The second-order valence-corrected chi connectivity index (χ2v) is 4.79. The highest BCUT2D eigenvalue weighted by Crippen LogP contribution is 2.38. The lowest BCUT2D eigenvalue weighted by molar-refractivity contribution is -0.133. The van der Waals surface area contributed by atoms with Gasteiger partial charge in [-0.25, -0.2) is 4.79 Å². The summed E-state index contributed by atoms with van der Waals surface area (Å²) in [6, 6.07) is 6.96. The highest BCUT2D eigenvalue weighted by Gasteiger charge is 2.34. The van der Waals surface area contributed by atoms with Gasteiger partial charge in [0.2, 0.25) is 0 Å². The number of aromatic nitrogens is 2. The van der Waals surface area contributed by atoms with E-state index < -0.39 is 11.9 Å². The van der Waals surface area contributed by atoms with Gasteiger partial charge in [0.25, 0.3) is 5.56 Å². The van der Waals surface area contributed by atoms with Crippen LogP contribution >= 0.6 is 0 Å². The zero-order valence-corrected chi connectivity index (χ0v) is 11.3. The van der Waals surface area contributed by atoms with Crippen LogP contribution in [0.1, 0.15) is 24.1 Å². The van der Waals surface area contributed by atoms with Crippen LogP contribution in [-0.4, -0.2) is 21.0 Å². The molecule has 1 aliphatic heterocycles. The predicted molar refractivity (Wildman–Crippen MR) is 77.1 cm³/mol. The Hall–Kier alpha value is -2.89. The number of aliphatic carboxylic acids is 1. The Balaban J connectivity index is 2.31. The van der Waals surface area contributed by atoms with Crippen molar-refractivity contribution in [1.82, 2.24) is 9.97 Å². The maximum absolute atomic E-state index is 12.2. The first-order valence-corrected chi connectivity index (χ1v) is 6.43. The van der Waals surface area contributed by atoms with E-state index in [-0.39, 0.29) is 11.1 Å². The number of rotatable bonds is 2. The minimum absolute atomic E-state index is 0.137. The second-order valence-electron chi connectivity index (χ2n) is 4.79. The number of carboxylic acid groups (broad SMARTS) is 1. The van der Waals surface area contributed by atoms with E-state index in [2.05, 4.69) is 15.3 Å². The molecule has 3 N–H and O–H groups in total. The van der Waals surface area contributed by atoms with Crippen molar-refractivity contribution in [2.24, 2.45) is 0 Å². The minimum Gasteiger partial charge on any atom is -0.478 e. The number of nitrogens with zero attached hydrogens (tertiary/aromatic N) is 1. The number of nitrogens with one attached hydrogen (secondary N) is 2. The monoisotopic (exact) mass is 283 g/mol. The Morgan fingerprint density at radius 2 is 2.14 bits per heavy atom. The standard InChI is InChI=1S/C15H13N3O3/c1-8-11(15(20)21)12(9-4-2-3-6-16-9)13-10(18-8)5-7-17-14(13)19/h2-7,12,18H,1H3,(H,17,19)(H,20,21). The third-order valence-corrected chi connectivity index (χ3v) is 3.52. The number of hydrogen-bond donors (Lipinski definition) is 3. The molecule has 3 rings (SSSR count). The Labute approximate surface area is 120 Å². The maximum Gasteiger partial charge on any atom is 0.334 e. The van der Waals surface area contributed by atoms with Gasteiger partial charge in [0, 0.05) is 23.8 Å². The molecule has 0 spiro atoms. The fraction of sp³-hybridized carbons (Fsp3) is 0.133. The summed E-state index contributed by atoms with van der Waals surface area (Å²) < 4.78 is 0. The van der Waals surface area contributed by atoms with E-state index in [1.54, 1.807) is 37.4 Å². The molecular formula is C15H13N3O3. The molecule has 0 aliphatic carbocycles. The predicted octanol–water partition coefficient (Wildman–Crippen LogP) is 1.69. The van der Waals surface area contributed by atoms with Crippen molar-refractivity contribution in [2.45, 2.75) is 12.8 Å². The Morgan fingerprint density at radius 3 is 2.81 bits per heavy atom. The van der Waals surface area contributed by atoms with Crippen LogP contribution in [0, 0.1) is 0 Å². The molecule has 21 heavy (non-hydrogen) atoms. The zero-order valence-electron chi connectivity index (χ0n) is 11.3. The molecule has 6 nitrogen and oxygen atoms in total. The molecule has 0 saturated heterocycles. The summed E-state index contributed by atoms with van der Waals surface area (Å²) in [7, 11) is 0. The molecule has 2 aromatic heterocycles. The van der Waals surface area contributed by atoms with Crippen LogP contribution in [0.5, 0.6) is 0 Å². The summed E-state index contributed by atoms with van der Waals surface area (Å²) in [5.74, 6) is -1.76. The van der Waals surface area contributed by atoms with Crippen LogP contribution in [0.15, 0.2) is 52.7 Å². The van der Waals surface area contributed by atoms with Gasteiger partial charge in [-0.1, -0.05) is 6.07 Å². The highest BCUT2D eigenvalue weighted by atomic mass is 16.4. The van der Waals surface area contributed by atoms with Crippen LogP contribution in [0.3, 0.4) is 0 Å². The van der Waals surface area contributed by atoms with Crippen molar-refractivity contribution in [3.63, 3.8) is 0 Å². The van der Waals surface area contributed by atoms with E-state index in [9.17, 15) is 14.7 Å². The molecule has 0 radical (unpaired) electrons. The SMILES string of the molecule is CC1=C(C(=O)O)C(c2ccccn2)c2c(cc[nH]c2=O)N1. The van der Waals surface area contributed by atoms with E-state index in [0.29, 0.717) is 22.6 Å². The van der Waals surface area contributed by atoms with E-state index >= 15 is 0 Å². The lowest BCUT2D eigenvalue weighted by Gasteiger charge is -2.27. The maximum atomic E-state index is 12.2. The van der Waals surface area contributed by atoms with Crippen LogP contribution in [-0.2, 0) is 4.79 Å². The van der Waals surface area contributed by atoms with Gasteiger partial charge in [-0.2, -0.15) is 0 Å². The third kappa shape index (κ3) is 2.10. The molecule has 0 aromatic carbocycles. The molecule has 0 amide bonds. The quantitative estimate of drug-likeness (QED) is 0.779. The minimum atomic E-state index is -1.07. The number of anilines is 1. The van der Waals surface area contributed by atoms with Gasteiger partial charge in [-0.15, -0.1) is 0 Å². The van der Waals surface area contributed by atoms with Crippen LogP contribution in [0.4, 0.5) is 5.69 Å². The number of aromatic amines is 1. The Kier molecular flexibility index (Phi) is 3.06. The highest BCUT2D eigenvalue weighted by molar-refractivity contribution is 5.93. The molecule has 2 aromatic rings. The van der Waals surface area contributed by atoms with E-state index in [4.69, 9.17) is 0 Å². The summed E-state index contributed by atoms with van der Waals surface area (Å²) in [5.41, 5.74) is 1.85. The summed E-state index contributed by atoms with van der Waals surface area (Å²) >= 11 is 0. The van der Waals surface area contributed by atoms with Gasteiger partial charge in [-0.3, -0.25) is 9.78 Å². The summed E-state index contributed by atoms with van der Waals surface area (Å²) in [4.78, 5) is 30.6. The van der Waals surface area contributed by atoms with Gasteiger partial charge < -0.3 is 15.4 Å². The smallest absolute Gasteiger partial charge is 0.334 e. The topological polar surface area (TPSA) is 95.1 Å². The van der Waals surface area contributed by atoms with Gasteiger partial charge in [-0.05, 0) is 25.1 Å². The number of pyridine rings is 2. The molecule has 3 heterocycles. The fourth-order valence-corrected chi connectivity index (χ4v) is 2.64. The van der Waals surface area contributed by atoms with Crippen molar-refractivity contribution in [2.75, 3.05) is 5.32 Å². The summed E-state index contributed by atoms with van der Waals surface area (Å²) in [6.07, 6.45) is 3.12. The van der Waals surface area contributed by atoms with Gasteiger partial charge in [0.05, 0.1) is 22.7 Å². The normalized spacial score (nSPS) is 17.1. The second kappa shape index (κ2) is 4.90. The van der Waals surface area contributed by atoms with Crippen molar-refractivity contribution in [1.29, 1.82) is 0 Å². The average Bonchev–Trinajstić information content (AvgIpc) is 2.46. The van der Waals surface area contributed by atoms with Crippen molar-refractivity contribution in [3.8, 4) is 0 Å². The molecule has 0 bridgehead atoms. The Bertz CT molecular complexity index is 793. The van der Waals surface area contributed by atoms with Crippen molar-refractivity contribution >= 4 is 11.7 Å². The van der Waals surface area contributed by atoms with Gasteiger partial charge in [0.15, 0.2) is 0 Å². The largest absolute Gasteiger partial charge is 0.478 e. The van der Waals surface area contributed by atoms with E-state index in [1.165, 1.54) is 6.20 Å². The van der Waals surface area contributed by atoms with Crippen LogP contribution in [0.25, 0.3) is 0 Å². The molecule has 0 saturated carbocycles. The third-order valence-electron chi connectivity index (χ3n) is 3.52. The first-order valence-electron chi connectivity index (χ1n) is 6.43. The van der Waals surface area contributed by atoms with E-state index in [1.807, 2.05) is 0 Å². The lowest BCUT2D eigenvalue weighted by Crippen LogP contribution is -2.29. The number of fused-ring (bicyclic) bond motifs is 1. The molecular weight excluding hydrogens is 270 g/mol. The molecule has 1 atom stereocenters. The number of carbonyl (C=O) groups is 1. The average molecular weight is 283 g/mol. The number of hydrogen-bond acceptors (Lipinski definition) is 4. The molecule has 1 aliphatic rings. The first-order chi connectivity index (χ1) is 10.1.